The van der Waals surface area contributed by atoms with Crippen molar-refractivity contribution in [3.05, 3.63) is 75.3 Å². The van der Waals surface area contributed by atoms with Crippen molar-refractivity contribution in [1.29, 1.82) is 0 Å². The third-order valence-electron chi connectivity index (χ3n) is 3.80. The van der Waals surface area contributed by atoms with Crippen molar-refractivity contribution >= 4 is 25.0 Å². The molecule has 0 aliphatic heterocycles. The molecule has 0 aliphatic rings. The molecule has 2 rings (SSSR count). The third-order valence-corrected chi connectivity index (χ3v) is 4.58. The van der Waals surface area contributed by atoms with Gasteiger partial charge in [-0.3, -0.25) is 24.3 Å². The lowest BCUT2D eigenvalue weighted by molar-refractivity contribution is -0.385. The Hall–Kier alpha value is -2.87. The van der Waals surface area contributed by atoms with Gasteiger partial charge in [0.15, 0.2) is 5.78 Å². The van der Waals surface area contributed by atoms with Crippen LogP contribution in [0.3, 0.4) is 0 Å². The Balaban J connectivity index is 2.38. The van der Waals surface area contributed by atoms with E-state index in [1.807, 2.05) is 0 Å². The normalized spacial score (nSPS) is 11.1. The van der Waals surface area contributed by atoms with Crippen LogP contribution in [0.4, 0.5) is 5.69 Å². The zero-order valence-corrected chi connectivity index (χ0v) is 15.2. The quantitative estimate of drug-likeness (QED) is 0.318. The maximum atomic E-state index is 12.6. The van der Waals surface area contributed by atoms with Crippen LogP contribution in [0.1, 0.15) is 26.3 Å². The molecule has 9 nitrogen and oxygen atoms in total. The maximum absolute atomic E-state index is 12.6. The SMILES string of the molecule is CN(CCP(=O)(O)O)C(=O)c1cc(C(=O)c2ccccc2)ccc1[N+](=O)[O-]. The monoisotopic (exact) mass is 392 g/mol. The van der Waals surface area contributed by atoms with Gasteiger partial charge in [-0.1, -0.05) is 30.3 Å². The van der Waals surface area contributed by atoms with E-state index >= 15 is 0 Å². The molecule has 2 N–H and O–H groups in total. The van der Waals surface area contributed by atoms with E-state index in [2.05, 4.69) is 0 Å². The molecule has 0 aliphatic carbocycles. The molecule has 0 atom stereocenters. The highest BCUT2D eigenvalue weighted by Gasteiger charge is 2.26. The summed E-state index contributed by atoms with van der Waals surface area (Å²) in [5.41, 5.74) is -0.360. The number of ketones is 1. The van der Waals surface area contributed by atoms with Crippen molar-refractivity contribution in [3.63, 3.8) is 0 Å². The minimum atomic E-state index is -4.33. The molecule has 2 aromatic rings. The fraction of sp³-hybridized carbons (Fsp3) is 0.176. The second-order valence-electron chi connectivity index (χ2n) is 5.80. The van der Waals surface area contributed by atoms with E-state index in [1.165, 1.54) is 13.1 Å². The molecule has 27 heavy (non-hydrogen) atoms. The van der Waals surface area contributed by atoms with Gasteiger partial charge in [-0.2, -0.15) is 0 Å². The number of nitro benzene ring substituents is 1. The first-order chi connectivity index (χ1) is 12.6. The summed E-state index contributed by atoms with van der Waals surface area (Å²) in [6, 6.07) is 11.7. The summed E-state index contributed by atoms with van der Waals surface area (Å²) in [7, 11) is -3.06. The first kappa shape index (κ1) is 20.4. The summed E-state index contributed by atoms with van der Waals surface area (Å²) >= 11 is 0. The van der Waals surface area contributed by atoms with Crippen LogP contribution >= 0.6 is 7.60 Å². The summed E-state index contributed by atoms with van der Waals surface area (Å²) in [6.07, 6.45) is -0.578. The summed E-state index contributed by atoms with van der Waals surface area (Å²) in [4.78, 5) is 54.4. The zero-order chi connectivity index (χ0) is 20.2. The second kappa shape index (κ2) is 8.22. The fourth-order valence-corrected chi connectivity index (χ4v) is 2.91. The van der Waals surface area contributed by atoms with Gasteiger partial charge in [-0.05, 0) is 12.1 Å². The number of nitrogens with zero attached hydrogens (tertiary/aromatic N) is 2. The summed E-state index contributed by atoms with van der Waals surface area (Å²) < 4.78 is 11.0. The number of hydrogen-bond acceptors (Lipinski definition) is 5. The smallest absolute Gasteiger partial charge is 0.327 e. The number of amides is 1. The van der Waals surface area contributed by atoms with Gasteiger partial charge in [0.2, 0.25) is 0 Å². The average Bonchev–Trinajstić information content (AvgIpc) is 2.64. The lowest BCUT2D eigenvalue weighted by Crippen LogP contribution is -2.30. The van der Waals surface area contributed by atoms with Gasteiger partial charge in [0, 0.05) is 30.8 Å². The molecule has 142 valence electrons. The van der Waals surface area contributed by atoms with E-state index in [-0.39, 0.29) is 17.7 Å². The van der Waals surface area contributed by atoms with Gasteiger partial charge in [0.05, 0.1) is 11.1 Å². The predicted molar refractivity (Wildman–Crippen MR) is 96.8 cm³/mol. The molecular formula is C17H17N2O7P. The maximum Gasteiger partial charge on any atom is 0.327 e. The summed E-state index contributed by atoms with van der Waals surface area (Å²) in [5.74, 6) is -1.21. The van der Waals surface area contributed by atoms with Crippen LogP contribution in [-0.4, -0.2) is 51.1 Å². The van der Waals surface area contributed by atoms with Gasteiger partial charge >= 0.3 is 7.60 Å². The Morgan fingerprint density at radius 1 is 1.11 bits per heavy atom. The molecule has 0 fully saturated rings. The number of rotatable bonds is 7. The predicted octanol–water partition coefficient (Wildman–Crippen LogP) is 2.08. The average molecular weight is 392 g/mol. The number of benzene rings is 2. The molecule has 0 spiro atoms. The van der Waals surface area contributed by atoms with Gasteiger partial charge in [-0.15, -0.1) is 0 Å². The summed E-state index contributed by atoms with van der Waals surface area (Å²) in [5, 5.41) is 11.2. The molecule has 10 heteroatoms. The molecule has 0 bridgehead atoms. The Morgan fingerprint density at radius 3 is 2.30 bits per heavy atom. The lowest BCUT2D eigenvalue weighted by Gasteiger charge is -2.18. The van der Waals surface area contributed by atoms with Crippen molar-refractivity contribution in [2.45, 2.75) is 0 Å². The molecule has 0 unspecified atom stereocenters. The van der Waals surface area contributed by atoms with Gasteiger partial charge in [0.25, 0.3) is 11.6 Å². The zero-order valence-electron chi connectivity index (χ0n) is 14.3. The molecule has 0 saturated heterocycles. The van der Waals surface area contributed by atoms with Gasteiger partial charge in [0.1, 0.15) is 5.56 Å². The molecule has 2 aromatic carbocycles. The molecular weight excluding hydrogens is 375 g/mol. The topological polar surface area (TPSA) is 138 Å². The van der Waals surface area contributed by atoms with Crippen molar-refractivity contribution < 1.29 is 28.9 Å². The van der Waals surface area contributed by atoms with Crippen molar-refractivity contribution in [2.24, 2.45) is 0 Å². The van der Waals surface area contributed by atoms with Gasteiger partial charge < -0.3 is 14.7 Å². The van der Waals surface area contributed by atoms with Crippen LogP contribution in [0, 0.1) is 10.1 Å². The molecule has 0 radical (unpaired) electrons. The first-order valence-electron chi connectivity index (χ1n) is 7.78. The standard InChI is InChI=1S/C17H17N2O7P/c1-18(9-10-27(24,25)26)17(21)14-11-13(7-8-15(14)19(22)23)16(20)12-5-3-2-4-6-12/h2-8,11H,9-10H2,1H3,(H2,24,25,26). The first-order valence-corrected chi connectivity index (χ1v) is 9.58. The minimum Gasteiger partial charge on any atom is -0.341 e. The van der Waals surface area contributed by atoms with Crippen molar-refractivity contribution in [3.8, 4) is 0 Å². The molecule has 0 aromatic heterocycles. The highest BCUT2D eigenvalue weighted by Crippen LogP contribution is 2.33. The number of hydrogen-bond donors (Lipinski definition) is 2. The van der Waals surface area contributed by atoms with Crippen molar-refractivity contribution in [1.82, 2.24) is 4.90 Å². The third kappa shape index (κ3) is 5.30. The largest absolute Gasteiger partial charge is 0.341 e. The van der Waals surface area contributed by atoms with Crippen LogP contribution in [0.15, 0.2) is 48.5 Å². The number of carbonyl (C=O) groups is 2. The number of carbonyl (C=O) groups excluding carboxylic acids is 2. The van der Waals surface area contributed by atoms with E-state index < -0.39 is 36.1 Å². The number of nitro groups is 1. The van der Waals surface area contributed by atoms with Crippen LogP contribution in [0.5, 0.6) is 0 Å². The summed E-state index contributed by atoms with van der Waals surface area (Å²) in [6.45, 7) is -0.295. The Bertz CT molecular complexity index is 924. The van der Waals surface area contributed by atoms with Crippen LogP contribution in [0.25, 0.3) is 0 Å². The van der Waals surface area contributed by atoms with E-state index in [9.17, 15) is 24.3 Å². The molecule has 0 saturated carbocycles. The van der Waals surface area contributed by atoms with Gasteiger partial charge in [-0.25, -0.2) is 0 Å². The molecule has 1 amide bonds. The Labute approximate surface area is 154 Å². The van der Waals surface area contributed by atoms with E-state index in [0.29, 0.717) is 5.56 Å². The van der Waals surface area contributed by atoms with E-state index in [0.717, 1.165) is 17.0 Å². The van der Waals surface area contributed by atoms with E-state index in [1.54, 1.807) is 30.3 Å². The fourth-order valence-electron chi connectivity index (χ4n) is 2.35. The van der Waals surface area contributed by atoms with E-state index in [4.69, 9.17) is 9.79 Å². The van der Waals surface area contributed by atoms with Crippen LogP contribution < -0.4 is 0 Å². The minimum absolute atomic E-state index is 0.0959. The van der Waals surface area contributed by atoms with Crippen molar-refractivity contribution in [2.75, 3.05) is 19.8 Å². The van der Waals surface area contributed by atoms with Crippen LogP contribution in [-0.2, 0) is 4.57 Å². The molecule has 0 heterocycles. The van der Waals surface area contributed by atoms with Crippen LogP contribution in [0.2, 0.25) is 0 Å². The highest BCUT2D eigenvalue weighted by molar-refractivity contribution is 7.51. The highest BCUT2D eigenvalue weighted by atomic mass is 31.2. The second-order valence-corrected chi connectivity index (χ2v) is 7.58. The lowest BCUT2D eigenvalue weighted by atomic mass is 10.00. The Morgan fingerprint density at radius 2 is 1.74 bits per heavy atom. The Kier molecular flexibility index (Phi) is 6.22.